The summed E-state index contributed by atoms with van der Waals surface area (Å²) in [7, 11) is 3.99. The van der Waals surface area contributed by atoms with E-state index in [-0.39, 0.29) is 17.7 Å². The Morgan fingerprint density at radius 1 is 1.15 bits per heavy atom. The van der Waals surface area contributed by atoms with E-state index in [1.807, 2.05) is 23.9 Å². The molecule has 1 aromatic rings. The minimum atomic E-state index is -0.172. The lowest BCUT2D eigenvalue weighted by Gasteiger charge is -2.37. The molecule has 6 heteroatoms. The van der Waals surface area contributed by atoms with Gasteiger partial charge in [0.15, 0.2) is 0 Å². The molecular weight excluding hydrogens is 328 g/mol. The van der Waals surface area contributed by atoms with E-state index in [0.29, 0.717) is 19.5 Å². The molecule has 1 aromatic carbocycles. The van der Waals surface area contributed by atoms with Crippen molar-refractivity contribution in [3.05, 3.63) is 29.8 Å². The van der Waals surface area contributed by atoms with Crippen molar-refractivity contribution in [1.29, 1.82) is 0 Å². The molecule has 0 aromatic heterocycles. The van der Waals surface area contributed by atoms with E-state index in [4.69, 9.17) is 0 Å². The normalized spacial score (nSPS) is 21.0. The number of likely N-dealkylation sites (tertiary alicyclic amines) is 1. The van der Waals surface area contributed by atoms with Crippen molar-refractivity contribution in [2.75, 3.05) is 64.8 Å². The van der Waals surface area contributed by atoms with E-state index in [2.05, 4.69) is 41.0 Å². The number of rotatable bonds is 5. The van der Waals surface area contributed by atoms with Gasteiger partial charge in [-0.15, -0.1) is 0 Å². The second-order valence-corrected chi connectivity index (χ2v) is 7.64. The Labute approximate surface area is 156 Å². The summed E-state index contributed by atoms with van der Waals surface area (Å²) in [6.07, 6.45) is 0.365. The summed E-state index contributed by atoms with van der Waals surface area (Å²) in [5.74, 6) is 0.0913. The highest BCUT2D eigenvalue weighted by Gasteiger charge is 2.37. The summed E-state index contributed by atoms with van der Waals surface area (Å²) < 4.78 is 0. The second-order valence-electron chi connectivity index (χ2n) is 7.64. The van der Waals surface area contributed by atoms with Crippen molar-refractivity contribution in [3.8, 4) is 0 Å². The average molecular weight is 358 g/mol. The van der Waals surface area contributed by atoms with Gasteiger partial charge in [0.1, 0.15) is 0 Å². The second kappa shape index (κ2) is 8.08. The highest BCUT2D eigenvalue weighted by Crippen LogP contribution is 2.24. The van der Waals surface area contributed by atoms with Gasteiger partial charge in [-0.25, -0.2) is 0 Å². The van der Waals surface area contributed by atoms with Gasteiger partial charge in [0.2, 0.25) is 11.8 Å². The average Bonchev–Trinajstić information content (AvgIpc) is 3.01. The molecule has 0 bridgehead atoms. The Kier molecular flexibility index (Phi) is 5.81. The van der Waals surface area contributed by atoms with Crippen LogP contribution < -0.4 is 4.90 Å². The minimum Gasteiger partial charge on any atom is -0.368 e. The van der Waals surface area contributed by atoms with Crippen LogP contribution in [0, 0.1) is 12.8 Å². The Balaban J connectivity index is 1.53. The number of aryl methyl sites for hydroxylation is 1. The summed E-state index contributed by atoms with van der Waals surface area (Å²) in [6, 6.07) is 8.38. The molecule has 2 aliphatic rings. The molecule has 2 heterocycles. The fourth-order valence-corrected chi connectivity index (χ4v) is 3.82. The Morgan fingerprint density at radius 3 is 2.50 bits per heavy atom. The van der Waals surface area contributed by atoms with Gasteiger partial charge in [-0.1, -0.05) is 18.2 Å². The molecule has 0 saturated carbocycles. The lowest BCUT2D eigenvalue weighted by molar-refractivity contribution is -0.136. The summed E-state index contributed by atoms with van der Waals surface area (Å²) in [4.78, 5) is 33.2. The minimum absolute atomic E-state index is 0.115. The molecule has 1 atom stereocenters. The predicted octanol–water partition coefficient (Wildman–Crippen LogP) is 1.05. The molecule has 0 spiro atoms. The van der Waals surface area contributed by atoms with Gasteiger partial charge >= 0.3 is 0 Å². The molecule has 2 saturated heterocycles. The zero-order chi connectivity index (χ0) is 18.7. The van der Waals surface area contributed by atoms with Gasteiger partial charge in [-0.05, 0) is 32.6 Å². The maximum Gasteiger partial charge on any atom is 0.228 e. The van der Waals surface area contributed by atoms with Crippen LogP contribution in [0.5, 0.6) is 0 Å². The fourth-order valence-electron chi connectivity index (χ4n) is 3.82. The molecule has 2 aliphatic heterocycles. The van der Waals surface area contributed by atoms with Gasteiger partial charge in [0.25, 0.3) is 0 Å². The zero-order valence-electron chi connectivity index (χ0n) is 16.1. The topological polar surface area (TPSA) is 47.1 Å². The number of piperazine rings is 1. The third kappa shape index (κ3) is 4.18. The lowest BCUT2D eigenvalue weighted by Crippen LogP contribution is -2.51. The number of para-hydroxylation sites is 1. The van der Waals surface area contributed by atoms with Crippen LogP contribution in [-0.4, -0.2) is 86.4 Å². The quantitative estimate of drug-likeness (QED) is 0.790. The van der Waals surface area contributed by atoms with Gasteiger partial charge in [-0.2, -0.15) is 0 Å². The number of amides is 2. The van der Waals surface area contributed by atoms with Crippen LogP contribution in [-0.2, 0) is 9.59 Å². The summed E-state index contributed by atoms with van der Waals surface area (Å²) >= 11 is 0. The van der Waals surface area contributed by atoms with Crippen LogP contribution in [0.2, 0.25) is 0 Å². The molecule has 26 heavy (non-hydrogen) atoms. The summed E-state index contributed by atoms with van der Waals surface area (Å²) in [5, 5.41) is 0. The van der Waals surface area contributed by atoms with Gasteiger partial charge in [-0.3, -0.25) is 9.59 Å². The first-order chi connectivity index (χ1) is 12.5. The molecule has 2 fully saturated rings. The third-order valence-corrected chi connectivity index (χ3v) is 5.43. The summed E-state index contributed by atoms with van der Waals surface area (Å²) in [5.41, 5.74) is 2.52. The monoisotopic (exact) mass is 358 g/mol. The molecule has 3 rings (SSSR count). The van der Waals surface area contributed by atoms with E-state index < -0.39 is 0 Å². The molecule has 0 unspecified atom stereocenters. The molecule has 0 N–H and O–H groups in total. The third-order valence-electron chi connectivity index (χ3n) is 5.43. The smallest absolute Gasteiger partial charge is 0.228 e. The van der Waals surface area contributed by atoms with Crippen molar-refractivity contribution < 1.29 is 9.59 Å². The van der Waals surface area contributed by atoms with Crippen LogP contribution in [0.15, 0.2) is 24.3 Å². The maximum atomic E-state index is 12.9. The Morgan fingerprint density at radius 2 is 1.85 bits per heavy atom. The van der Waals surface area contributed by atoms with E-state index >= 15 is 0 Å². The zero-order valence-corrected chi connectivity index (χ0v) is 16.1. The standard InChI is InChI=1S/C20H30N4O2/c1-16-6-4-5-7-18(16)22-10-12-23(13-11-22)20(26)17-14-19(25)24(15-17)9-8-21(2)3/h4-7,17H,8-15H2,1-3H3/t17-/m1/s1. The van der Waals surface area contributed by atoms with Crippen molar-refractivity contribution in [1.82, 2.24) is 14.7 Å². The predicted molar refractivity (Wildman–Crippen MR) is 103 cm³/mol. The first-order valence-electron chi connectivity index (χ1n) is 9.47. The Bertz CT molecular complexity index is 653. The van der Waals surface area contributed by atoms with E-state index in [0.717, 1.165) is 32.7 Å². The largest absolute Gasteiger partial charge is 0.368 e. The molecule has 6 nitrogen and oxygen atoms in total. The number of nitrogens with zero attached hydrogens (tertiary/aromatic N) is 4. The number of hydrogen-bond donors (Lipinski definition) is 0. The number of likely N-dealkylation sites (N-methyl/N-ethyl adjacent to an activating group) is 1. The van der Waals surface area contributed by atoms with Gasteiger partial charge in [0, 0.05) is 57.9 Å². The molecule has 142 valence electrons. The van der Waals surface area contributed by atoms with Crippen molar-refractivity contribution in [2.45, 2.75) is 13.3 Å². The van der Waals surface area contributed by atoms with Crippen molar-refractivity contribution >= 4 is 17.5 Å². The first kappa shape index (κ1) is 18.7. The number of hydrogen-bond acceptors (Lipinski definition) is 4. The van der Waals surface area contributed by atoms with E-state index in [1.54, 1.807) is 0 Å². The SMILES string of the molecule is Cc1ccccc1N1CCN(C(=O)[C@@H]2CC(=O)N(CCN(C)C)C2)CC1. The van der Waals surface area contributed by atoms with Crippen LogP contribution in [0.3, 0.4) is 0 Å². The van der Waals surface area contributed by atoms with Crippen LogP contribution in [0.4, 0.5) is 5.69 Å². The van der Waals surface area contributed by atoms with Crippen LogP contribution >= 0.6 is 0 Å². The molecule has 0 radical (unpaired) electrons. The first-order valence-corrected chi connectivity index (χ1v) is 9.47. The highest BCUT2D eigenvalue weighted by atomic mass is 16.2. The molecule has 2 amide bonds. The van der Waals surface area contributed by atoms with Crippen LogP contribution in [0.25, 0.3) is 0 Å². The van der Waals surface area contributed by atoms with Crippen molar-refractivity contribution in [3.63, 3.8) is 0 Å². The van der Waals surface area contributed by atoms with E-state index in [1.165, 1.54) is 11.3 Å². The lowest BCUT2D eigenvalue weighted by atomic mass is 10.1. The molecular formula is C20H30N4O2. The van der Waals surface area contributed by atoms with E-state index in [9.17, 15) is 9.59 Å². The summed E-state index contributed by atoms with van der Waals surface area (Å²) in [6.45, 7) is 7.40. The van der Waals surface area contributed by atoms with Crippen LogP contribution in [0.1, 0.15) is 12.0 Å². The molecule has 0 aliphatic carbocycles. The number of anilines is 1. The number of carbonyl (C=O) groups excluding carboxylic acids is 2. The van der Waals surface area contributed by atoms with Gasteiger partial charge < -0.3 is 19.6 Å². The van der Waals surface area contributed by atoms with Gasteiger partial charge in [0.05, 0.1) is 5.92 Å². The Hall–Kier alpha value is -2.08. The fraction of sp³-hybridized carbons (Fsp3) is 0.600. The number of benzene rings is 1. The number of carbonyl (C=O) groups is 2. The van der Waals surface area contributed by atoms with Crippen molar-refractivity contribution in [2.24, 2.45) is 5.92 Å². The highest BCUT2D eigenvalue weighted by molar-refractivity contribution is 5.89. The maximum absolute atomic E-state index is 12.9.